The van der Waals surface area contributed by atoms with E-state index < -0.39 is 5.97 Å². The molecule has 0 saturated carbocycles. The normalized spacial score (nSPS) is 11.0. The van der Waals surface area contributed by atoms with Gasteiger partial charge in [-0.15, -0.1) is 0 Å². The number of carbonyl (C=O) groups excluding carboxylic acids is 1. The third-order valence-electron chi connectivity index (χ3n) is 4.55. The fourth-order valence-corrected chi connectivity index (χ4v) is 3.14. The Morgan fingerprint density at radius 3 is 2.50 bits per heavy atom. The maximum atomic E-state index is 12.0. The summed E-state index contributed by atoms with van der Waals surface area (Å²) < 4.78 is 7.00. The highest BCUT2D eigenvalue weighted by Gasteiger charge is 2.23. The highest BCUT2D eigenvalue weighted by atomic mass is 16.5. The summed E-state index contributed by atoms with van der Waals surface area (Å²) in [6, 6.07) is 10.2. The van der Waals surface area contributed by atoms with Crippen molar-refractivity contribution in [3.8, 4) is 0 Å². The molecule has 24 heavy (non-hydrogen) atoms. The largest absolute Gasteiger partial charge is 0.465 e. The number of hydrogen-bond donors (Lipinski definition) is 1. The number of benzene rings is 1. The molecule has 0 fully saturated rings. The van der Waals surface area contributed by atoms with Gasteiger partial charge < -0.3 is 15.0 Å². The lowest BCUT2D eigenvalue weighted by Crippen LogP contribution is -2.11. The lowest BCUT2D eigenvalue weighted by Gasteiger charge is -2.11. The summed E-state index contributed by atoms with van der Waals surface area (Å²) in [5.41, 5.74) is 11.8. The molecule has 2 heterocycles. The number of ether oxygens (including phenoxy) is 1. The van der Waals surface area contributed by atoms with Gasteiger partial charge in [-0.25, -0.2) is 9.78 Å². The Kier molecular flexibility index (Phi) is 4.01. The molecule has 0 atom stereocenters. The van der Waals surface area contributed by atoms with Crippen molar-refractivity contribution >= 4 is 22.7 Å². The van der Waals surface area contributed by atoms with Gasteiger partial charge in [0.15, 0.2) is 0 Å². The van der Waals surface area contributed by atoms with Crippen molar-refractivity contribution in [2.45, 2.75) is 27.3 Å². The molecule has 0 saturated heterocycles. The Hall–Kier alpha value is -2.82. The lowest BCUT2D eigenvalue weighted by molar-refractivity contribution is 0.0601. The fraction of sp³-hybridized carbons (Fsp3) is 0.263. The quantitative estimate of drug-likeness (QED) is 0.750. The van der Waals surface area contributed by atoms with Crippen LogP contribution in [0.5, 0.6) is 0 Å². The summed E-state index contributed by atoms with van der Waals surface area (Å²) in [5, 5.41) is 0.828. The zero-order valence-electron chi connectivity index (χ0n) is 14.4. The number of rotatable bonds is 3. The Balaban J connectivity index is 2.26. The number of aryl methyl sites for hydroxylation is 2. The molecule has 1 aromatic carbocycles. The fourth-order valence-electron chi connectivity index (χ4n) is 3.14. The standard InChI is InChI=1S/C19H21N3O2/c1-11-13(3)22(10-14-8-6-5-7-9-14)18-15(11)17(20)16(12(2)21-18)19(23)24-4/h5-9H,10H2,1-4H3,(H2,20,21). The number of fused-ring (bicyclic) bond motifs is 1. The number of aromatic nitrogens is 2. The average Bonchev–Trinajstić information content (AvgIpc) is 2.80. The van der Waals surface area contributed by atoms with Gasteiger partial charge in [0, 0.05) is 17.6 Å². The number of methoxy groups -OCH3 is 1. The van der Waals surface area contributed by atoms with E-state index in [1.807, 2.05) is 32.0 Å². The maximum absolute atomic E-state index is 12.0. The van der Waals surface area contributed by atoms with Crippen LogP contribution in [-0.4, -0.2) is 22.6 Å². The first kappa shape index (κ1) is 16.1. The average molecular weight is 323 g/mol. The highest BCUT2D eigenvalue weighted by molar-refractivity contribution is 6.06. The van der Waals surface area contributed by atoms with Crippen molar-refractivity contribution in [2.24, 2.45) is 0 Å². The van der Waals surface area contributed by atoms with Gasteiger partial charge in [0.1, 0.15) is 11.2 Å². The van der Waals surface area contributed by atoms with Gasteiger partial charge in [-0.05, 0) is 31.9 Å². The van der Waals surface area contributed by atoms with Crippen LogP contribution in [-0.2, 0) is 11.3 Å². The van der Waals surface area contributed by atoms with Gasteiger partial charge in [-0.3, -0.25) is 0 Å². The number of hydrogen-bond acceptors (Lipinski definition) is 4. The van der Waals surface area contributed by atoms with Crippen LogP contribution in [0.25, 0.3) is 11.0 Å². The maximum Gasteiger partial charge on any atom is 0.341 e. The summed E-state index contributed by atoms with van der Waals surface area (Å²) >= 11 is 0. The summed E-state index contributed by atoms with van der Waals surface area (Å²) in [5.74, 6) is -0.452. The van der Waals surface area contributed by atoms with Crippen LogP contribution < -0.4 is 5.73 Å². The van der Waals surface area contributed by atoms with E-state index in [0.717, 1.165) is 22.3 Å². The van der Waals surface area contributed by atoms with Crippen LogP contribution in [0.2, 0.25) is 0 Å². The molecule has 0 radical (unpaired) electrons. The van der Waals surface area contributed by atoms with Crippen molar-refractivity contribution in [2.75, 3.05) is 12.8 Å². The van der Waals surface area contributed by atoms with Gasteiger partial charge >= 0.3 is 5.97 Å². The molecule has 2 aromatic heterocycles. The minimum Gasteiger partial charge on any atom is -0.465 e. The van der Waals surface area contributed by atoms with Crippen molar-refractivity contribution in [1.29, 1.82) is 0 Å². The molecule has 0 spiro atoms. The number of nitrogen functional groups attached to an aromatic ring is 1. The Morgan fingerprint density at radius 2 is 1.88 bits per heavy atom. The molecule has 5 nitrogen and oxygen atoms in total. The first-order valence-electron chi connectivity index (χ1n) is 7.83. The van der Waals surface area contributed by atoms with Crippen LogP contribution >= 0.6 is 0 Å². The van der Waals surface area contributed by atoms with E-state index in [0.29, 0.717) is 23.5 Å². The van der Waals surface area contributed by atoms with Crippen LogP contribution in [0.1, 0.15) is 32.9 Å². The Morgan fingerprint density at radius 1 is 1.21 bits per heavy atom. The number of carbonyl (C=O) groups is 1. The second-order valence-corrected chi connectivity index (χ2v) is 5.96. The SMILES string of the molecule is COC(=O)c1c(C)nc2c(c(C)c(C)n2Cc2ccccc2)c1N. The van der Waals surface area contributed by atoms with E-state index in [-0.39, 0.29) is 0 Å². The Bertz CT molecular complexity index is 927. The molecule has 3 aromatic rings. The molecular formula is C19H21N3O2. The van der Waals surface area contributed by atoms with E-state index in [1.54, 1.807) is 6.92 Å². The molecule has 0 aliphatic rings. The summed E-state index contributed by atoms with van der Waals surface area (Å²) in [6.07, 6.45) is 0. The van der Waals surface area contributed by atoms with Crippen LogP contribution in [0, 0.1) is 20.8 Å². The predicted octanol–water partition coefficient (Wildman–Crippen LogP) is 3.38. The summed E-state index contributed by atoms with van der Waals surface area (Å²) in [7, 11) is 1.35. The zero-order valence-corrected chi connectivity index (χ0v) is 14.4. The van der Waals surface area contributed by atoms with E-state index in [2.05, 4.69) is 21.7 Å². The van der Waals surface area contributed by atoms with Crippen molar-refractivity contribution in [3.63, 3.8) is 0 Å². The van der Waals surface area contributed by atoms with E-state index in [4.69, 9.17) is 10.5 Å². The van der Waals surface area contributed by atoms with Crippen LogP contribution in [0.4, 0.5) is 5.69 Å². The predicted molar refractivity (Wildman–Crippen MR) is 95.2 cm³/mol. The van der Waals surface area contributed by atoms with Crippen molar-refractivity contribution in [3.05, 3.63) is 58.4 Å². The molecule has 0 aliphatic heterocycles. The van der Waals surface area contributed by atoms with Crippen LogP contribution in [0.3, 0.4) is 0 Å². The second-order valence-electron chi connectivity index (χ2n) is 5.96. The summed E-state index contributed by atoms with van der Waals surface area (Å²) in [6.45, 7) is 6.55. The Labute approximate surface area is 141 Å². The smallest absolute Gasteiger partial charge is 0.341 e. The first-order chi connectivity index (χ1) is 11.5. The molecule has 0 aliphatic carbocycles. The number of nitrogens with zero attached hydrogens (tertiary/aromatic N) is 2. The minimum absolute atomic E-state index is 0.352. The van der Waals surface area contributed by atoms with Gasteiger partial charge in [0.25, 0.3) is 0 Å². The van der Waals surface area contributed by atoms with Gasteiger partial charge in [0.2, 0.25) is 0 Å². The first-order valence-corrected chi connectivity index (χ1v) is 7.83. The summed E-state index contributed by atoms with van der Waals surface area (Å²) in [4.78, 5) is 16.7. The van der Waals surface area contributed by atoms with Gasteiger partial charge in [0.05, 0.1) is 18.5 Å². The van der Waals surface area contributed by atoms with Crippen molar-refractivity contribution in [1.82, 2.24) is 9.55 Å². The minimum atomic E-state index is -0.452. The van der Waals surface area contributed by atoms with E-state index in [1.165, 1.54) is 12.7 Å². The topological polar surface area (TPSA) is 70.1 Å². The molecule has 5 heteroatoms. The monoisotopic (exact) mass is 323 g/mol. The third kappa shape index (κ3) is 2.42. The number of nitrogens with two attached hydrogens (primary N) is 1. The van der Waals surface area contributed by atoms with E-state index >= 15 is 0 Å². The number of esters is 1. The molecule has 3 rings (SSSR count). The molecule has 124 valence electrons. The van der Waals surface area contributed by atoms with Gasteiger partial charge in [-0.1, -0.05) is 30.3 Å². The molecule has 0 bridgehead atoms. The lowest BCUT2D eigenvalue weighted by atomic mass is 10.1. The second kappa shape index (κ2) is 6.00. The van der Waals surface area contributed by atoms with Crippen molar-refractivity contribution < 1.29 is 9.53 Å². The zero-order chi connectivity index (χ0) is 17.4. The third-order valence-corrected chi connectivity index (χ3v) is 4.55. The number of anilines is 1. The van der Waals surface area contributed by atoms with E-state index in [9.17, 15) is 4.79 Å². The molecular weight excluding hydrogens is 302 g/mol. The van der Waals surface area contributed by atoms with Crippen LogP contribution in [0.15, 0.2) is 30.3 Å². The van der Waals surface area contributed by atoms with Gasteiger partial charge in [-0.2, -0.15) is 0 Å². The molecule has 0 amide bonds. The highest BCUT2D eigenvalue weighted by Crippen LogP contribution is 2.33. The number of pyridine rings is 1. The molecule has 2 N–H and O–H groups in total. The molecule has 0 unspecified atom stereocenters.